The van der Waals surface area contributed by atoms with Gasteiger partial charge in [0.1, 0.15) is 11.6 Å². The molecule has 0 aliphatic carbocycles. The molecule has 1 unspecified atom stereocenters. The molecule has 0 spiro atoms. The van der Waals surface area contributed by atoms with E-state index in [1.807, 2.05) is 29.0 Å². The largest absolute Gasteiger partial charge is 0.323 e. The second-order valence-electron chi connectivity index (χ2n) is 5.40. The predicted octanol–water partition coefficient (Wildman–Crippen LogP) is 4.42. The molecule has 26 heavy (non-hydrogen) atoms. The molecule has 0 aliphatic heterocycles. The minimum absolute atomic E-state index is 0.182. The summed E-state index contributed by atoms with van der Waals surface area (Å²) >= 11 is 2.78. The third-order valence-corrected chi connectivity index (χ3v) is 5.56. The summed E-state index contributed by atoms with van der Waals surface area (Å²) in [6.45, 7) is 4.30. The van der Waals surface area contributed by atoms with Gasteiger partial charge in [0.15, 0.2) is 11.0 Å². The van der Waals surface area contributed by atoms with Crippen LogP contribution in [-0.4, -0.2) is 25.9 Å². The molecular weight excluding hydrogens is 378 g/mol. The number of halogens is 2. The Morgan fingerprint density at radius 2 is 2.15 bits per heavy atom. The van der Waals surface area contributed by atoms with Crippen molar-refractivity contribution < 1.29 is 13.6 Å². The Kier molecular flexibility index (Phi) is 5.67. The predicted molar refractivity (Wildman–Crippen MR) is 99.3 cm³/mol. The first-order valence-electron chi connectivity index (χ1n) is 7.89. The average Bonchev–Trinajstić information content (AvgIpc) is 3.27. The zero-order chi connectivity index (χ0) is 18.7. The maximum Gasteiger partial charge on any atom is 0.237 e. The fourth-order valence-corrected chi connectivity index (χ4v) is 3.92. The maximum atomic E-state index is 13.7. The molecule has 0 fully saturated rings. The number of amides is 1. The lowest BCUT2D eigenvalue weighted by atomic mass is 10.3. The number of anilines is 1. The van der Waals surface area contributed by atoms with Crippen LogP contribution in [0.5, 0.6) is 0 Å². The second-order valence-corrected chi connectivity index (χ2v) is 7.66. The number of carbonyl (C=O) groups is 1. The van der Waals surface area contributed by atoms with Crippen molar-refractivity contribution in [2.45, 2.75) is 30.8 Å². The number of thioether (sulfide) groups is 1. The zero-order valence-electron chi connectivity index (χ0n) is 14.1. The highest BCUT2D eigenvalue weighted by Gasteiger charge is 2.21. The van der Waals surface area contributed by atoms with E-state index in [1.54, 1.807) is 18.3 Å². The lowest BCUT2D eigenvalue weighted by molar-refractivity contribution is -0.115. The van der Waals surface area contributed by atoms with E-state index in [0.717, 1.165) is 28.9 Å². The molecule has 2 heterocycles. The molecule has 3 rings (SSSR count). The van der Waals surface area contributed by atoms with Gasteiger partial charge >= 0.3 is 0 Å². The van der Waals surface area contributed by atoms with E-state index < -0.39 is 22.8 Å². The van der Waals surface area contributed by atoms with Crippen molar-refractivity contribution in [3.63, 3.8) is 0 Å². The summed E-state index contributed by atoms with van der Waals surface area (Å²) in [5, 5.41) is 12.8. The molecule has 136 valence electrons. The van der Waals surface area contributed by atoms with Gasteiger partial charge in [-0.2, -0.15) is 0 Å². The highest BCUT2D eigenvalue weighted by molar-refractivity contribution is 8.00. The summed E-state index contributed by atoms with van der Waals surface area (Å²) in [5.74, 6) is -1.00. The van der Waals surface area contributed by atoms with Gasteiger partial charge in [-0.1, -0.05) is 17.8 Å². The van der Waals surface area contributed by atoms with Crippen molar-refractivity contribution in [2.24, 2.45) is 0 Å². The number of nitrogens with one attached hydrogen (secondary N) is 1. The molecule has 3 aromatic rings. The zero-order valence-corrected chi connectivity index (χ0v) is 15.7. The molecule has 1 N–H and O–H groups in total. The number of carbonyl (C=O) groups excluding carboxylic acids is 1. The van der Waals surface area contributed by atoms with Gasteiger partial charge in [0.2, 0.25) is 5.91 Å². The van der Waals surface area contributed by atoms with Crippen LogP contribution in [0.2, 0.25) is 0 Å². The van der Waals surface area contributed by atoms with Crippen molar-refractivity contribution >= 4 is 34.7 Å². The highest BCUT2D eigenvalue weighted by atomic mass is 32.2. The topological polar surface area (TPSA) is 59.8 Å². The van der Waals surface area contributed by atoms with E-state index >= 15 is 0 Å². The maximum absolute atomic E-state index is 13.7. The second kappa shape index (κ2) is 7.96. The van der Waals surface area contributed by atoms with Crippen LogP contribution < -0.4 is 5.32 Å². The molecule has 0 aliphatic rings. The number of aromatic nitrogens is 3. The van der Waals surface area contributed by atoms with Crippen molar-refractivity contribution in [1.82, 2.24) is 14.8 Å². The molecule has 5 nitrogen and oxygen atoms in total. The number of nitrogens with zero attached hydrogens (tertiary/aromatic N) is 3. The molecule has 0 bridgehead atoms. The van der Waals surface area contributed by atoms with Crippen LogP contribution in [0.3, 0.4) is 0 Å². The molecular formula is C17H16F2N4OS2. The first-order valence-corrected chi connectivity index (χ1v) is 9.65. The van der Waals surface area contributed by atoms with E-state index in [-0.39, 0.29) is 5.69 Å². The average molecular weight is 394 g/mol. The molecule has 1 amide bonds. The van der Waals surface area contributed by atoms with Crippen LogP contribution in [0.1, 0.15) is 13.8 Å². The molecule has 0 radical (unpaired) electrons. The Labute approximate surface area is 157 Å². The van der Waals surface area contributed by atoms with Gasteiger partial charge in [0, 0.05) is 12.6 Å². The lowest BCUT2D eigenvalue weighted by Crippen LogP contribution is -2.23. The molecule has 9 heteroatoms. The van der Waals surface area contributed by atoms with Crippen LogP contribution >= 0.6 is 23.1 Å². The van der Waals surface area contributed by atoms with E-state index in [9.17, 15) is 13.6 Å². The summed E-state index contributed by atoms with van der Waals surface area (Å²) in [4.78, 5) is 13.3. The van der Waals surface area contributed by atoms with Crippen molar-refractivity contribution in [2.75, 3.05) is 5.32 Å². The normalized spacial score (nSPS) is 12.2. The fraction of sp³-hybridized carbons (Fsp3) is 0.235. The van der Waals surface area contributed by atoms with Gasteiger partial charge in [0.25, 0.3) is 0 Å². The first-order chi connectivity index (χ1) is 12.5. The third kappa shape index (κ3) is 3.94. The van der Waals surface area contributed by atoms with E-state index in [2.05, 4.69) is 15.5 Å². The molecule has 1 aromatic carbocycles. The van der Waals surface area contributed by atoms with Gasteiger partial charge < -0.3 is 9.88 Å². The van der Waals surface area contributed by atoms with Gasteiger partial charge in [-0.3, -0.25) is 4.79 Å². The minimum atomic E-state index is -0.686. The van der Waals surface area contributed by atoms with Crippen LogP contribution in [0.25, 0.3) is 10.7 Å². The SMILES string of the molecule is CCn1c(SC(C)C(=O)Nc2cc(F)ccc2F)nnc1-c1cccs1. The van der Waals surface area contributed by atoms with Crippen LogP contribution in [0, 0.1) is 11.6 Å². The van der Waals surface area contributed by atoms with Crippen LogP contribution in [0.15, 0.2) is 40.9 Å². The van der Waals surface area contributed by atoms with E-state index in [0.29, 0.717) is 11.7 Å². The Bertz CT molecular complexity index is 912. The molecule has 0 saturated carbocycles. The van der Waals surface area contributed by atoms with E-state index in [4.69, 9.17) is 0 Å². The quantitative estimate of drug-likeness (QED) is 0.629. The van der Waals surface area contributed by atoms with E-state index in [1.165, 1.54) is 11.8 Å². The number of hydrogen-bond donors (Lipinski definition) is 1. The fourth-order valence-electron chi connectivity index (χ4n) is 2.29. The summed E-state index contributed by atoms with van der Waals surface area (Å²) in [7, 11) is 0. The molecule has 1 atom stereocenters. The number of hydrogen-bond acceptors (Lipinski definition) is 5. The Hall–Kier alpha value is -2.26. The smallest absolute Gasteiger partial charge is 0.237 e. The summed E-state index contributed by atoms with van der Waals surface area (Å²) in [5.41, 5.74) is -0.182. The lowest BCUT2D eigenvalue weighted by Gasteiger charge is -2.13. The van der Waals surface area contributed by atoms with Crippen molar-refractivity contribution in [3.8, 4) is 10.7 Å². The number of thiophene rings is 1. The van der Waals surface area contributed by atoms with Crippen LogP contribution in [-0.2, 0) is 11.3 Å². The Balaban J connectivity index is 1.74. The van der Waals surface area contributed by atoms with Crippen LogP contribution in [0.4, 0.5) is 14.5 Å². The molecule has 0 saturated heterocycles. The number of benzene rings is 1. The Morgan fingerprint density at radius 1 is 1.35 bits per heavy atom. The summed E-state index contributed by atoms with van der Waals surface area (Å²) < 4.78 is 28.8. The van der Waals surface area contributed by atoms with Gasteiger partial charge in [-0.25, -0.2) is 8.78 Å². The van der Waals surface area contributed by atoms with Gasteiger partial charge in [-0.05, 0) is 37.4 Å². The van der Waals surface area contributed by atoms with Crippen molar-refractivity contribution in [1.29, 1.82) is 0 Å². The monoisotopic (exact) mass is 394 g/mol. The molecule has 2 aromatic heterocycles. The number of rotatable bonds is 6. The first kappa shape index (κ1) is 18.5. The minimum Gasteiger partial charge on any atom is -0.323 e. The highest BCUT2D eigenvalue weighted by Crippen LogP contribution is 2.29. The van der Waals surface area contributed by atoms with Gasteiger partial charge in [-0.15, -0.1) is 21.5 Å². The van der Waals surface area contributed by atoms with Crippen molar-refractivity contribution in [3.05, 3.63) is 47.3 Å². The third-order valence-electron chi connectivity index (χ3n) is 3.61. The standard InChI is InChI=1S/C17H16F2N4OS2/c1-3-23-15(14-5-4-8-25-14)21-22-17(23)26-10(2)16(24)20-13-9-11(18)6-7-12(13)19/h4-10H,3H2,1-2H3,(H,20,24). The Morgan fingerprint density at radius 3 is 2.85 bits per heavy atom. The van der Waals surface area contributed by atoms with Gasteiger partial charge in [0.05, 0.1) is 15.8 Å². The summed E-state index contributed by atoms with van der Waals surface area (Å²) in [6.07, 6.45) is 0. The summed E-state index contributed by atoms with van der Waals surface area (Å²) in [6, 6.07) is 6.82.